The van der Waals surface area contributed by atoms with Gasteiger partial charge in [-0.25, -0.2) is 0 Å². The maximum atomic E-state index is 12.2. The molecule has 0 aliphatic carbocycles. The van der Waals surface area contributed by atoms with E-state index in [4.69, 9.17) is 57.2 Å². The second kappa shape index (κ2) is 34.8. The number of rotatable bonds is 43. The summed E-state index contributed by atoms with van der Waals surface area (Å²) in [7, 11) is -2.82. The Labute approximate surface area is 385 Å². The summed E-state index contributed by atoms with van der Waals surface area (Å²) in [5.74, 6) is -0.825. The molecule has 368 valence electrons. The van der Waals surface area contributed by atoms with E-state index in [1.807, 2.05) is 49.5 Å². The smallest absolute Gasteiger partial charge is 0.303 e. The molecule has 1 unspecified atom stereocenters. The summed E-state index contributed by atoms with van der Waals surface area (Å²) < 4.78 is 97.0. The summed E-state index contributed by atoms with van der Waals surface area (Å²) in [5, 5.41) is 12.4. The summed E-state index contributed by atoms with van der Waals surface area (Å²) >= 11 is 0. The predicted octanol–water partition coefficient (Wildman–Crippen LogP) is 4.76. The zero-order valence-corrected chi connectivity index (χ0v) is 39.1. The van der Waals surface area contributed by atoms with Crippen LogP contribution in [0.2, 0.25) is 0 Å². The Morgan fingerprint density at radius 3 is 1.51 bits per heavy atom. The lowest BCUT2D eigenvalue weighted by Gasteiger charge is -2.23. The summed E-state index contributed by atoms with van der Waals surface area (Å²) in [6.07, 6.45) is 6.46. The minimum atomic E-state index is -4.45. The number of unbranched alkanes of at least 4 members (excludes halogenated alkanes) is 2. The van der Waals surface area contributed by atoms with Crippen molar-refractivity contribution in [1.29, 1.82) is 0 Å². The van der Waals surface area contributed by atoms with Crippen molar-refractivity contribution >= 4 is 33.2 Å². The van der Waals surface area contributed by atoms with Crippen LogP contribution in [0.4, 0.5) is 11.4 Å². The number of carboxylic acid groups (broad SMARTS) is 1. The van der Waals surface area contributed by atoms with Gasteiger partial charge in [0.2, 0.25) is 5.69 Å². The van der Waals surface area contributed by atoms with Crippen molar-refractivity contribution in [1.82, 2.24) is 0 Å². The molecule has 0 bridgehead atoms. The molecule has 18 nitrogen and oxygen atoms in total. The first kappa shape index (κ1) is 55.9. The number of nitrogens with one attached hydrogen (secondary N) is 1. The second-order valence-corrected chi connectivity index (χ2v) is 16.4. The molecule has 65 heavy (non-hydrogen) atoms. The van der Waals surface area contributed by atoms with Gasteiger partial charge in [-0.1, -0.05) is 18.2 Å². The third kappa shape index (κ3) is 24.3. The van der Waals surface area contributed by atoms with Gasteiger partial charge in [0.05, 0.1) is 142 Å². The van der Waals surface area contributed by atoms with Crippen LogP contribution >= 0.6 is 0 Å². The molecule has 1 atom stereocenters. The molecule has 0 radical (unpaired) electrons. The number of hydrogen-bond donors (Lipinski definition) is 3. The summed E-state index contributed by atoms with van der Waals surface area (Å²) in [5.41, 5.74) is 2.72. The lowest BCUT2D eigenvalue weighted by Crippen LogP contribution is -2.33. The number of methoxy groups -OCH3 is 1. The van der Waals surface area contributed by atoms with Gasteiger partial charge in [-0.05, 0) is 50.5 Å². The molecule has 0 saturated heterocycles. The monoisotopic (exact) mass is 941 g/mol. The lowest BCUT2D eigenvalue weighted by atomic mass is 9.77. The Morgan fingerprint density at radius 2 is 1.08 bits per heavy atom. The van der Waals surface area contributed by atoms with Crippen LogP contribution in [0.25, 0.3) is 0 Å². The molecule has 1 aliphatic rings. The number of aliphatic carboxylic acids is 1. The highest BCUT2D eigenvalue weighted by molar-refractivity contribution is 7.85. The van der Waals surface area contributed by atoms with Crippen molar-refractivity contribution in [3.63, 3.8) is 0 Å². The van der Waals surface area contributed by atoms with Gasteiger partial charge in [-0.15, -0.1) is 0 Å². The molecule has 0 aromatic heterocycles. The zero-order valence-electron chi connectivity index (χ0n) is 38.3. The lowest BCUT2D eigenvalue weighted by molar-refractivity contribution is -0.438. The third-order valence-electron chi connectivity index (χ3n) is 10.1. The third-order valence-corrected chi connectivity index (χ3v) is 10.9. The first-order valence-corrected chi connectivity index (χ1v) is 23.8. The molecule has 0 fully saturated rings. The molecule has 1 aliphatic heterocycles. The number of benzene rings is 2. The Hall–Kier alpha value is -3.41. The maximum absolute atomic E-state index is 12.2. The Morgan fingerprint density at radius 1 is 0.631 bits per heavy atom. The van der Waals surface area contributed by atoms with E-state index in [-0.39, 0.29) is 11.3 Å². The standard InChI is InChI=1S/C46H72N2O16S/c1-46(42-39-41(65(51,52)53)12-13-43(42)48(17-8-4-7-11-45(49)50)44(46)14-16-47-40-9-5-3-6-10-40)15-18-55-21-22-57-25-26-59-29-30-61-33-34-63-37-38-64-36-35-62-32-31-60-28-27-58-24-23-56-20-19-54-2/h3,5-6,9-10,12-14,16,39H,4,7-8,11,15,17-38H2,1-2H3,(H2,49,50,51,52,53)/p+1. The summed E-state index contributed by atoms with van der Waals surface area (Å²) in [4.78, 5) is 10.9. The summed E-state index contributed by atoms with van der Waals surface area (Å²) in [6.45, 7) is 12.4. The van der Waals surface area contributed by atoms with Gasteiger partial charge < -0.3 is 62.5 Å². The molecule has 3 rings (SSSR count). The van der Waals surface area contributed by atoms with E-state index in [1.54, 1.807) is 13.2 Å². The average molecular weight is 942 g/mol. The van der Waals surface area contributed by atoms with Crippen LogP contribution in [0.5, 0.6) is 0 Å². The molecule has 0 amide bonds. The van der Waals surface area contributed by atoms with Crippen LogP contribution in [0.3, 0.4) is 0 Å². The van der Waals surface area contributed by atoms with Crippen LogP contribution < -0.4 is 5.32 Å². The fraction of sp³-hybridized carbons (Fsp3) is 0.652. The molecule has 0 spiro atoms. The fourth-order valence-electron chi connectivity index (χ4n) is 6.67. The van der Waals surface area contributed by atoms with Gasteiger partial charge in [0, 0.05) is 56.2 Å². The van der Waals surface area contributed by atoms with Gasteiger partial charge in [0.25, 0.3) is 10.1 Å². The van der Waals surface area contributed by atoms with E-state index in [1.165, 1.54) is 12.1 Å². The number of carboxylic acids is 1. The highest BCUT2D eigenvalue weighted by Crippen LogP contribution is 2.44. The first-order chi connectivity index (χ1) is 31.7. The largest absolute Gasteiger partial charge is 0.481 e. The number of ether oxygens (including phenoxy) is 11. The van der Waals surface area contributed by atoms with E-state index in [0.29, 0.717) is 158 Å². The number of fused-ring (bicyclic) bond motifs is 1. The number of nitrogens with zero attached hydrogens (tertiary/aromatic N) is 1. The van der Waals surface area contributed by atoms with Crippen molar-refractivity contribution in [2.75, 3.05) is 158 Å². The molecular weight excluding hydrogens is 869 g/mol. The molecule has 3 N–H and O–H groups in total. The minimum Gasteiger partial charge on any atom is -0.481 e. The van der Waals surface area contributed by atoms with Crippen molar-refractivity contribution in [3.05, 3.63) is 66.4 Å². The molecule has 2 aromatic carbocycles. The van der Waals surface area contributed by atoms with E-state index in [9.17, 15) is 17.8 Å². The van der Waals surface area contributed by atoms with Crippen LogP contribution in [-0.4, -0.2) is 187 Å². The van der Waals surface area contributed by atoms with Gasteiger partial charge in [-0.3, -0.25) is 9.35 Å². The SMILES string of the molecule is COCCOCCOCCOCCOCCOCCOCCOCCOCCOCCOCCC1(C)C(/C=C/Nc2ccccc2)=[N+](CCCCCC(=O)O)c2ccc(S(=O)(=O)O)cc21. The average Bonchev–Trinajstić information content (AvgIpc) is 3.52. The van der Waals surface area contributed by atoms with E-state index in [0.717, 1.165) is 35.5 Å². The topological polar surface area (TPSA) is 208 Å². The van der Waals surface area contributed by atoms with E-state index >= 15 is 0 Å². The van der Waals surface area contributed by atoms with Crippen molar-refractivity contribution in [2.24, 2.45) is 0 Å². The highest BCUT2D eigenvalue weighted by Gasteiger charge is 2.48. The van der Waals surface area contributed by atoms with Crippen LogP contribution in [0.1, 0.15) is 44.6 Å². The number of hydrogen-bond acceptors (Lipinski definition) is 15. The van der Waals surface area contributed by atoms with Crippen LogP contribution in [-0.2, 0) is 72.4 Å². The second-order valence-electron chi connectivity index (χ2n) is 14.9. The highest BCUT2D eigenvalue weighted by atomic mass is 32.2. The van der Waals surface area contributed by atoms with Gasteiger partial charge in [-0.2, -0.15) is 13.0 Å². The van der Waals surface area contributed by atoms with Crippen molar-refractivity contribution in [3.8, 4) is 0 Å². The molecule has 19 heteroatoms. The number of allylic oxidation sites excluding steroid dienone is 1. The Bertz CT molecular complexity index is 1730. The van der Waals surface area contributed by atoms with Gasteiger partial charge >= 0.3 is 5.97 Å². The maximum Gasteiger partial charge on any atom is 0.303 e. The summed E-state index contributed by atoms with van der Waals surface area (Å²) in [6, 6.07) is 14.4. The quantitative estimate of drug-likeness (QED) is 0.0465. The fourth-order valence-corrected chi connectivity index (χ4v) is 7.18. The minimum absolute atomic E-state index is 0.102. The Balaban J connectivity index is 1.24. The molecule has 2 aromatic rings. The predicted molar refractivity (Wildman–Crippen MR) is 243 cm³/mol. The molecular formula is C46H73N2O16S+. The van der Waals surface area contributed by atoms with E-state index in [2.05, 4.69) is 9.89 Å². The van der Waals surface area contributed by atoms with Crippen molar-refractivity contribution in [2.45, 2.75) is 49.3 Å². The van der Waals surface area contributed by atoms with Crippen LogP contribution in [0, 0.1) is 0 Å². The van der Waals surface area contributed by atoms with Gasteiger partial charge in [0.15, 0.2) is 5.71 Å². The molecule has 1 heterocycles. The number of anilines is 1. The van der Waals surface area contributed by atoms with Gasteiger partial charge in [0.1, 0.15) is 6.54 Å². The van der Waals surface area contributed by atoms with E-state index < -0.39 is 21.5 Å². The normalized spacial score (nSPS) is 15.1. The zero-order chi connectivity index (χ0) is 46.7. The molecule has 0 saturated carbocycles. The first-order valence-electron chi connectivity index (χ1n) is 22.4. The van der Waals surface area contributed by atoms with Crippen molar-refractivity contribution < 1.29 is 79.6 Å². The number of para-hydroxylation sites is 1. The van der Waals surface area contributed by atoms with Crippen LogP contribution in [0.15, 0.2) is 65.7 Å². The Kier molecular flexibility index (Phi) is 30.0. The number of carbonyl (C=O) groups is 1.